The first-order valence-electron chi connectivity index (χ1n) is 4.54. The summed E-state index contributed by atoms with van der Waals surface area (Å²) in [5, 5.41) is 14.8. The van der Waals surface area contributed by atoms with Gasteiger partial charge in [0.25, 0.3) is 0 Å². The number of nitrogens with zero attached hydrogens (tertiary/aromatic N) is 2. The minimum atomic E-state index is -3.60. The van der Waals surface area contributed by atoms with Crippen molar-refractivity contribution in [2.45, 2.75) is 23.8 Å². The molecular formula is C8H10N4O2S. The molecule has 80 valence electrons. The second kappa shape index (κ2) is 3.64. The fourth-order valence-corrected chi connectivity index (χ4v) is 2.39. The largest absolute Gasteiger partial charge is 0.284 e. The zero-order valence-electron chi connectivity index (χ0n) is 7.84. The van der Waals surface area contributed by atoms with Crippen LogP contribution in [0, 0.1) is 17.2 Å². The van der Waals surface area contributed by atoms with Crippen LogP contribution >= 0.6 is 0 Å². The number of H-pyrrole nitrogens is 1. The van der Waals surface area contributed by atoms with Crippen LogP contribution in [-0.2, 0) is 10.0 Å². The summed E-state index contributed by atoms with van der Waals surface area (Å²) in [6.07, 6.45) is 4.31. The predicted octanol–water partition coefficient (Wildman–Crippen LogP) is -0.00982. The molecule has 1 aliphatic carbocycles. The second-order valence-corrected chi connectivity index (χ2v) is 5.21. The van der Waals surface area contributed by atoms with Gasteiger partial charge in [-0.1, -0.05) is 0 Å². The minimum Gasteiger partial charge on any atom is -0.284 e. The molecular weight excluding hydrogens is 216 g/mol. The van der Waals surface area contributed by atoms with Crippen LogP contribution in [0.25, 0.3) is 0 Å². The van der Waals surface area contributed by atoms with Crippen LogP contribution in [0.4, 0.5) is 0 Å². The molecule has 1 unspecified atom stereocenters. The van der Waals surface area contributed by atoms with E-state index in [4.69, 9.17) is 5.26 Å². The van der Waals surface area contributed by atoms with Crippen LogP contribution in [0.3, 0.4) is 0 Å². The summed E-state index contributed by atoms with van der Waals surface area (Å²) in [6, 6.07) is 1.34. The summed E-state index contributed by atoms with van der Waals surface area (Å²) in [5.74, 6) is 0.164. The number of hydrogen-bond acceptors (Lipinski definition) is 4. The quantitative estimate of drug-likeness (QED) is 0.754. The summed E-state index contributed by atoms with van der Waals surface area (Å²) >= 11 is 0. The molecule has 6 nitrogen and oxygen atoms in total. The van der Waals surface area contributed by atoms with E-state index in [9.17, 15) is 8.42 Å². The van der Waals surface area contributed by atoms with Gasteiger partial charge < -0.3 is 0 Å². The molecule has 1 aromatic heterocycles. The monoisotopic (exact) mass is 226 g/mol. The van der Waals surface area contributed by atoms with Gasteiger partial charge in [0.15, 0.2) is 0 Å². The topological polar surface area (TPSA) is 98.6 Å². The summed E-state index contributed by atoms with van der Waals surface area (Å²) in [4.78, 5) is 0.0587. The Balaban J connectivity index is 2.14. The van der Waals surface area contributed by atoms with E-state index in [0.717, 1.165) is 12.8 Å². The number of sulfonamides is 1. The maximum Gasteiger partial charge on any atom is 0.244 e. The van der Waals surface area contributed by atoms with Crippen molar-refractivity contribution in [1.29, 1.82) is 5.26 Å². The van der Waals surface area contributed by atoms with Crippen LogP contribution in [0.15, 0.2) is 17.3 Å². The Morgan fingerprint density at radius 2 is 2.40 bits per heavy atom. The summed E-state index contributed by atoms with van der Waals surface area (Å²) in [5.41, 5.74) is 0. The molecule has 0 spiro atoms. The van der Waals surface area contributed by atoms with Crippen molar-refractivity contribution < 1.29 is 8.42 Å². The van der Waals surface area contributed by atoms with Crippen LogP contribution in [0.2, 0.25) is 0 Å². The predicted molar refractivity (Wildman–Crippen MR) is 51.0 cm³/mol. The SMILES string of the molecule is N#CC(NS(=O)(=O)c1cn[nH]c1)C1CC1. The molecule has 0 amide bonds. The number of rotatable bonds is 4. The van der Waals surface area contributed by atoms with E-state index in [-0.39, 0.29) is 10.8 Å². The zero-order valence-corrected chi connectivity index (χ0v) is 8.66. The molecule has 0 radical (unpaired) electrons. The Bertz CT molecular complexity index is 469. The van der Waals surface area contributed by atoms with E-state index in [2.05, 4.69) is 14.9 Å². The average molecular weight is 226 g/mol. The average Bonchev–Trinajstić information content (AvgIpc) is 2.88. The molecule has 15 heavy (non-hydrogen) atoms. The maximum absolute atomic E-state index is 11.7. The van der Waals surface area contributed by atoms with Gasteiger partial charge in [0.2, 0.25) is 10.0 Å². The molecule has 0 saturated heterocycles. The van der Waals surface area contributed by atoms with Gasteiger partial charge in [-0.15, -0.1) is 0 Å². The minimum absolute atomic E-state index is 0.0587. The van der Waals surface area contributed by atoms with Crippen molar-refractivity contribution in [2.24, 2.45) is 5.92 Å². The summed E-state index contributed by atoms with van der Waals surface area (Å²) < 4.78 is 25.7. The molecule has 0 aliphatic heterocycles. The second-order valence-electron chi connectivity index (χ2n) is 3.50. The summed E-state index contributed by atoms with van der Waals surface area (Å²) in [6.45, 7) is 0. The van der Waals surface area contributed by atoms with Crippen LogP contribution in [-0.4, -0.2) is 24.7 Å². The third-order valence-corrected chi connectivity index (χ3v) is 3.71. The van der Waals surface area contributed by atoms with E-state index in [1.165, 1.54) is 12.4 Å². The van der Waals surface area contributed by atoms with Gasteiger partial charge in [-0.25, -0.2) is 8.42 Å². The first-order valence-corrected chi connectivity index (χ1v) is 6.02. The fraction of sp³-hybridized carbons (Fsp3) is 0.500. The Labute approximate surface area is 87.4 Å². The zero-order chi connectivity index (χ0) is 10.9. The van der Waals surface area contributed by atoms with Crippen molar-refractivity contribution in [3.8, 4) is 6.07 Å². The lowest BCUT2D eigenvalue weighted by molar-refractivity contribution is 0.560. The van der Waals surface area contributed by atoms with Gasteiger partial charge in [-0.05, 0) is 18.8 Å². The molecule has 0 aromatic carbocycles. The van der Waals surface area contributed by atoms with E-state index >= 15 is 0 Å². The Hall–Kier alpha value is -1.39. The molecule has 1 aromatic rings. The number of nitrogens with one attached hydrogen (secondary N) is 2. The summed E-state index contributed by atoms with van der Waals surface area (Å²) in [7, 11) is -3.60. The normalized spacial score (nSPS) is 18.3. The fourth-order valence-electron chi connectivity index (χ4n) is 1.28. The molecule has 7 heteroatoms. The van der Waals surface area contributed by atoms with E-state index < -0.39 is 16.1 Å². The highest BCUT2D eigenvalue weighted by atomic mass is 32.2. The maximum atomic E-state index is 11.7. The highest BCUT2D eigenvalue weighted by Crippen LogP contribution is 2.32. The van der Waals surface area contributed by atoms with Crippen LogP contribution in [0.5, 0.6) is 0 Å². The number of aromatic amines is 1. The van der Waals surface area contributed by atoms with E-state index in [0.29, 0.717) is 0 Å². The van der Waals surface area contributed by atoms with Gasteiger partial charge in [-0.2, -0.15) is 15.1 Å². The lowest BCUT2D eigenvalue weighted by atomic mass is 10.2. The smallest absolute Gasteiger partial charge is 0.244 e. The van der Waals surface area contributed by atoms with Crippen LogP contribution in [0.1, 0.15) is 12.8 Å². The van der Waals surface area contributed by atoms with Gasteiger partial charge >= 0.3 is 0 Å². The molecule has 1 fully saturated rings. The van der Waals surface area contributed by atoms with E-state index in [1.807, 2.05) is 6.07 Å². The lowest BCUT2D eigenvalue weighted by Gasteiger charge is -2.09. The van der Waals surface area contributed by atoms with E-state index in [1.54, 1.807) is 0 Å². The Morgan fingerprint density at radius 3 is 2.87 bits per heavy atom. The number of nitriles is 1. The van der Waals surface area contributed by atoms with Crippen molar-refractivity contribution >= 4 is 10.0 Å². The molecule has 2 N–H and O–H groups in total. The Kier molecular flexibility index (Phi) is 2.46. The molecule has 1 atom stereocenters. The molecule has 1 saturated carbocycles. The van der Waals surface area contributed by atoms with Gasteiger partial charge in [0.05, 0.1) is 12.3 Å². The first-order chi connectivity index (χ1) is 7.13. The standard InChI is InChI=1S/C8H10N4O2S/c9-3-8(6-1-2-6)12-15(13,14)7-4-10-11-5-7/h4-6,8,12H,1-2H2,(H,10,11). The van der Waals surface area contributed by atoms with Crippen molar-refractivity contribution in [2.75, 3.05) is 0 Å². The van der Waals surface area contributed by atoms with Gasteiger partial charge in [0.1, 0.15) is 10.9 Å². The number of aromatic nitrogens is 2. The van der Waals surface area contributed by atoms with Crippen LogP contribution < -0.4 is 4.72 Å². The third-order valence-electron chi connectivity index (χ3n) is 2.30. The molecule has 1 heterocycles. The Morgan fingerprint density at radius 1 is 1.67 bits per heavy atom. The third kappa shape index (κ3) is 2.16. The molecule has 0 bridgehead atoms. The van der Waals surface area contributed by atoms with Gasteiger partial charge in [0, 0.05) is 6.20 Å². The van der Waals surface area contributed by atoms with Crippen molar-refractivity contribution in [3.63, 3.8) is 0 Å². The molecule has 1 aliphatic rings. The van der Waals surface area contributed by atoms with Crippen molar-refractivity contribution in [3.05, 3.63) is 12.4 Å². The van der Waals surface area contributed by atoms with Gasteiger partial charge in [-0.3, -0.25) is 5.10 Å². The van der Waals surface area contributed by atoms with Crippen molar-refractivity contribution in [1.82, 2.24) is 14.9 Å². The lowest BCUT2D eigenvalue weighted by Crippen LogP contribution is -2.35. The highest BCUT2D eigenvalue weighted by Gasteiger charge is 2.34. The molecule has 2 rings (SSSR count). The number of hydrogen-bond donors (Lipinski definition) is 2. The highest BCUT2D eigenvalue weighted by molar-refractivity contribution is 7.89. The first kappa shape index (κ1) is 10.1.